The van der Waals surface area contributed by atoms with Gasteiger partial charge < -0.3 is 15.4 Å². The van der Waals surface area contributed by atoms with E-state index in [1.807, 2.05) is 12.1 Å². The van der Waals surface area contributed by atoms with Gasteiger partial charge in [0.1, 0.15) is 5.75 Å². The molecular formula is C15H21ClN2O2. The third-order valence-corrected chi connectivity index (χ3v) is 3.85. The molecule has 110 valence electrons. The molecule has 1 aromatic rings. The molecule has 1 aliphatic carbocycles. The highest BCUT2D eigenvalue weighted by Crippen LogP contribution is 2.27. The van der Waals surface area contributed by atoms with Crippen molar-refractivity contribution in [3.05, 3.63) is 23.2 Å². The molecule has 1 aliphatic rings. The molecule has 0 saturated heterocycles. The molecular weight excluding hydrogens is 276 g/mol. The Bertz CT molecular complexity index is 459. The molecule has 0 aliphatic heterocycles. The lowest BCUT2D eigenvalue weighted by Gasteiger charge is -2.12. The van der Waals surface area contributed by atoms with Crippen molar-refractivity contribution in [3.63, 3.8) is 0 Å². The molecule has 2 rings (SSSR count). The highest BCUT2D eigenvalue weighted by Gasteiger charge is 2.16. The molecule has 0 aromatic heterocycles. The Morgan fingerprint density at radius 3 is 2.80 bits per heavy atom. The first-order valence-electron chi connectivity index (χ1n) is 7.06. The zero-order chi connectivity index (χ0) is 14.4. The maximum absolute atomic E-state index is 11.8. The number of methoxy groups -OCH3 is 1. The first-order chi connectivity index (χ1) is 9.69. The Balaban J connectivity index is 1.72. The van der Waals surface area contributed by atoms with E-state index in [2.05, 4.69) is 10.6 Å². The number of rotatable bonds is 6. The Labute approximate surface area is 124 Å². The minimum absolute atomic E-state index is 0.115. The van der Waals surface area contributed by atoms with Crippen LogP contribution < -0.4 is 15.4 Å². The van der Waals surface area contributed by atoms with Gasteiger partial charge in [-0.2, -0.15) is 0 Å². The average Bonchev–Trinajstić information content (AvgIpc) is 2.92. The predicted molar refractivity (Wildman–Crippen MR) is 81.5 cm³/mol. The SMILES string of the molecule is COc1ccc(NCCC(=O)NC2CCCC2)cc1Cl. The van der Waals surface area contributed by atoms with Crippen molar-refractivity contribution in [2.45, 2.75) is 38.1 Å². The summed E-state index contributed by atoms with van der Waals surface area (Å²) in [6, 6.07) is 5.89. The van der Waals surface area contributed by atoms with Crippen LogP contribution in [-0.2, 0) is 4.79 Å². The molecule has 1 aromatic carbocycles. The number of amides is 1. The van der Waals surface area contributed by atoms with Crippen LogP contribution in [0.5, 0.6) is 5.75 Å². The number of ether oxygens (including phenoxy) is 1. The lowest BCUT2D eigenvalue weighted by molar-refractivity contribution is -0.121. The van der Waals surface area contributed by atoms with Gasteiger partial charge in [-0.3, -0.25) is 4.79 Å². The number of carbonyl (C=O) groups is 1. The lowest BCUT2D eigenvalue weighted by Crippen LogP contribution is -2.33. The Morgan fingerprint density at radius 2 is 2.15 bits per heavy atom. The van der Waals surface area contributed by atoms with Gasteiger partial charge in [0.2, 0.25) is 5.91 Å². The maximum Gasteiger partial charge on any atom is 0.221 e. The van der Waals surface area contributed by atoms with Crippen LogP contribution in [0, 0.1) is 0 Å². The highest BCUT2D eigenvalue weighted by atomic mass is 35.5. The van der Waals surface area contributed by atoms with Crippen LogP contribution in [0.4, 0.5) is 5.69 Å². The number of anilines is 1. The van der Waals surface area contributed by atoms with Crippen LogP contribution in [0.15, 0.2) is 18.2 Å². The summed E-state index contributed by atoms with van der Waals surface area (Å²) >= 11 is 6.04. The van der Waals surface area contributed by atoms with E-state index >= 15 is 0 Å². The summed E-state index contributed by atoms with van der Waals surface area (Å²) in [5.41, 5.74) is 0.893. The largest absolute Gasteiger partial charge is 0.495 e. The van der Waals surface area contributed by atoms with Crippen LogP contribution in [0.3, 0.4) is 0 Å². The van der Waals surface area contributed by atoms with Gasteiger partial charge in [-0.15, -0.1) is 0 Å². The maximum atomic E-state index is 11.8. The summed E-state index contributed by atoms with van der Waals surface area (Å²) in [6.07, 6.45) is 5.17. The molecule has 1 amide bonds. The average molecular weight is 297 g/mol. The second-order valence-corrected chi connectivity index (χ2v) is 5.48. The summed E-state index contributed by atoms with van der Waals surface area (Å²) in [5, 5.41) is 6.82. The Hall–Kier alpha value is -1.42. The number of nitrogens with one attached hydrogen (secondary N) is 2. The molecule has 1 fully saturated rings. The van der Waals surface area contributed by atoms with Gasteiger partial charge in [0, 0.05) is 24.7 Å². The van der Waals surface area contributed by atoms with Gasteiger partial charge >= 0.3 is 0 Å². The van der Waals surface area contributed by atoms with Crippen LogP contribution in [-0.4, -0.2) is 25.6 Å². The van der Waals surface area contributed by atoms with E-state index in [1.165, 1.54) is 12.8 Å². The lowest BCUT2D eigenvalue weighted by atomic mass is 10.2. The molecule has 4 nitrogen and oxygen atoms in total. The molecule has 0 atom stereocenters. The number of carbonyl (C=O) groups excluding carboxylic acids is 1. The summed E-state index contributed by atoms with van der Waals surface area (Å²) in [4.78, 5) is 11.8. The first-order valence-corrected chi connectivity index (χ1v) is 7.43. The molecule has 0 radical (unpaired) electrons. The van der Waals surface area contributed by atoms with Gasteiger partial charge in [0.15, 0.2) is 0 Å². The van der Waals surface area contributed by atoms with Crippen LogP contribution in [0.1, 0.15) is 32.1 Å². The van der Waals surface area contributed by atoms with E-state index in [-0.39, 0.29) is 5.91 Å². The minimum atomic E-state index is 0.115. The second kappa shape index (κ2) is 7.39. The fourth-order valence-corrected chi connectivity index (χ4v) is 2.72. The van der Waals surface area contributed by atoms with Crippen LogP contribution in [0.25, 0.3) is 0 Å². The van der Waals surface area contributed by atoms with E-state index in [0.717, 1.165) is 18.5 Å². The van der Waals surface area contributed by atoms with E-state index in [0.29, 0.717) is 29.8 Å². The van der Waals surface area contributed by atoms with E-state index in [1.54, 1.807) is 13.2 Å². The summed E-state index contributed by atoms with van der Waals surface area (Å²) in [7, 11) is 1.58. The number of benzene rings is 1. The third-order valence-electron chi connectivity index (χ3n) is 3.55. The predicted octanol–water partition coefficient (Wildman–Crippen LogP) is 3.21. The monoisotopic (exact) mass is 296 g/mol. The highest BCUT2D eigenvalue weighted by molar-refractivity contribution is 6.32. The van der Waals surface area contributed by atoms with Gasteiger partial charge in [0.25, 0.3) is 0 Å². The number of hydrogen-bond acceptors (Lipinski definition) is 3. The fourth-order valence-electron chi connectivity index (χ4n) is 2.47. The van der Waals surface area contributed by atoms with Gasteiger partial charge in [-0.05, 0) is 31.0 Å². The van der Waals surface area contributed by atoms with Gasteiger partial charge in [-0.25, -0.2) is 0 Å². The van der Waals surface area contributed by atoms with Gasteiger partial charge in [-0.1, -0.05) is 24.4 Å². The summed E-state index contributed by atoms with van der Waals surface area (Å²) < 4.78 is 5.09. The topological polar surface area (TPSA) is 50.4 Å². The Kier molecular flexibility index (Phi) is 5.53. The van der Waals surface area contributed by atoms with Crippen molar-refractivity contribution < 1.29 is 9.53 Å². The standard InChI is InChI=1S/C15H21ClN2O2/c1-20-14-7-6-12(10-13(14)16)17-9-8-15(19)18-11-4-2-3-5-11/h6-7,10-11,17H,2-5,8-9H2,1H3,(H,18,19). The first kappa shape index (κ1) is 15.0. The molecule has 0 heterocycles. The molecule has 0 spiro atoms. The van der Waals surface area contributed by atoms with Crippen molar-refractivity contribution in [2.75, 3.05) is 19.0 Å². The summed E-state index contributed by atoms with van der Waals surface area (Å²) in [5.74, 6) is 0.764. The molecule has 20 heavy (non-hydrogen) atoms. The minimum Gasteiger partial charge on any atom is -0.495 e. The van der Waals surface area contributed by atoms with Crippen molar-refractivity contribution in [2.24, 2.45) is 0 Å². The number of hydrogen-bond donors (Lipinski definition) is 2. The molecule has 0 bridgehead atoms. The zero-order valence-electron chi connectivity index (χ0n) is 11.7. The van der Waals surface area contributed by atoms with Crippen molar-refractivity contribution in [1.82, 2.24) is 5.32 Å². The smallest absolute Gasteiger partial charge is 0.221 e. The van der Waals surface area contributed by atoms with Crippen LogP contribution >= 0.6 is 11.6 Å². The Morgan fingerprint density at radius 1 is 1.40 bits per heavy atom. The van der Waals surface area contributed by atoms with Crippen molar-refractivity contribution in [3.8, 4) is 5.75 Å². The molecule has 1 saturated carbocycles. The van der Waals surface area contributed by atoms with Crippen LogP contribution in [0.2, 0.25) is 5.02 Å². The molecule has 2 N–H and O–H groups in total. The van der Waals surface area contributed by atoms with Crippen molar-refractivity contribution >= 4 is 23.2 Å². The third kappa shape index (κ3) is 4.30. The zero-order valence-corrected chi connectivity index (χ0v) is 12.5. The normalized spacial score (nSPS) is 15.1. The van der Waals surface area contributed by atoms with E-state index < -0.39 is 0 Å². The van der Waals surface area contributed by atoms with Crippen molar-refractivity contribution in [1.29, 1.82) is 0 Å². The number of halogens is 1. The molecule has 0 unspecified atom stereocenters. The van der Waals surface area contributed by atoms with E-state index in [4.69, 9.17) is 16.3 Å². The fraction of sp³-hybridized carbons (Fsp3) is 0.533. The van der Waals surface area contributed by atoms with E-state index in [9.17, 15) is 4.79 Å². The molecule has 5 heteroatoms. The summed E-state index contributed by atoms with van der Waals surface area (Å²) in [6.45, 7) is 0.598. The van der Waals surface area contributed by atoms with Gasteiger partial charge in [0.05, 0.1) is 12.1 Å². The quantitative estimate of drug-likeness (QED) is 0.847. The second-order valence-electron chi connectivity index (χ2n) is 5.07.